The number of benzene rings is 7. The summed E-state index contributed by atoms with van der Waals surface area (Å²) in [4.78, 5) is 15.2. The Kier molecular flexibility index (Phi) is 8.53. The summed E-state index contributed by atoms with van der Waals surface area (Å²) in [5, 5.41) is 3.55. The number of rotatable bonds is 7. The maximum absolute atomic E-state index is 5.11. The van der Waals surface area contributed by atoms with Gasteiger partial charge in [0.1, 0.15) is 0 Å². The predicted molar refractivity (Wildman–Crippen MR) is 233 cm³/mol. The van der Waals surface area contributed by atoms with E-state index in [2.05, 4.69) is 183 Å². The molecule has 4 heteroatoms. The molecule has 2 aliphatic rings. The van der Waals surface area contributed by atoms with Crippen LogP contribution in [0.1, 0.15) is 41.7 Å². The van der Waals surface area contributed by atoms with Crippen molar-refractivity contribution >= 4 is 5.57 Å². The number of nitrogens with one attached hydrogen (secondary N) is 1. The van der Waals surface area contributed by atoms with E-state index in [0.29, 0.717) is 17.5 Å². The van der Waals surface area contributed by atoms with E-state index in [0.717, 1.165) is 39.1 Å². The van der Waals surface area contributed by atoms with Crippen molar-refractivity contribution in [2.24, 2.45) is 0 Å². The van der Waals surface area contributed by atoms with Crippen molar-refractivity contribution in [2.45, 2.75) is 25.3 Å². The van der Waals surface area contributed by atoms with Gasteiger partial charge in [0.15, 0.2) is 17.5 Å². The molecule has 0 radical (unpaired) electrons. The van der Waals surface area contributed by atoms with Gasteiger partial charge in [-0.1, -0.05) is 176 Å². The summed E-state index contributed by atoms with van der Waals surface area (Å²) >= 11 is 0. The SMILES string of the molecule is CC1=CC=C(c2cccc(-c3nc(-c4ccccc4)nc(-c4ccc(-c5ccc6c(c5)C(c5ccccc5)(c5ccccc5)c5ccccc5-6)cc4)n3)c2)C(C)N1. The van der Waals surface area contributed by atoms with Gasteiger partial charge in [0.05, 0.1) is 5.41 Å². The van der Waals surface area contributed by atoms with Gasteiger partial charge in [-0.3, -0.25) is 0 Å². The third-order valence-electron chi connectivity index (χ3n) is 11.5. The largest absolute Gasteiger partial charge is 0.382 e. The average Bonchev–Trinajstić information content (AvgIpc) is 3.57. The van der Waals surface area contributed by atoms with Crippen LogP contribution in [0.4, 0.5) is 0 Å². The Morgan fingerprint density at radius 1 is 0.421 bits per heavy atom. The molecule has 4 nitrogen and oxygen atoms in total. The Labute approximate surface area is 334 Å². The highest BCUT2D eigenvalue weighted by atomic mass is 15.0. The van der Waals surface area contributed by atoms with E-state index in [1.807, 2.05) is 30.3 Å². The number of aromatic nitrogens is 3. The van der Waals surface area contributed by atoms with Gasteiger partial charge >= 0.3 is 0 Å². The molecule has 1 N–H and O–H groups in total. The monoisotopic (exact) mass is 732 g/mol. The molecule has 0 spiro atoms. The standard InChI is InChI=1S/C53H40N4/c1-35-25-31-45(36(2)54-35)41-17-14-18-42(33-41)52-56-50(38-15-6-3-7-16-38)55-51(57-52)39-28-26-37(27-29-39)40-30-32-47-46-23-12-13-24-48(46)53(49(47)34-40,43-19-8-4-9-20-43)44-21-10-5-11-22-44/h3-34,36,54H,1-2H3. The zero-order valence-electron chi connectivity index (χ0n) is 31.9. The summed E-state index contributed by atoms with van der Waals surface area (Å²) in [6.45, 7) is 4.29. The zero-order valence-corrected chi connectivity index (χ0v) is 31.9. The smallest absolute Gasteiger partial charge is 0.164 e. The van der Waals surface area contributed by atoms with Crippen LogP contribution in [0.15, 0.2) is 200 Å². The number of hydrogen-bond acceptors (Lipinski definition) is 4. The topological polar surface area (TPSA) is 50.7 Å². The van der Waals surface area contributed by atoms with Crippen LogP contribution in [0.3, 0.4) is 0 Å². The van der Waals surface area contributed by atoms with E-state index in [-0.39, 0.29) is 6.04 Å². The summed E-state index contributed by atoms with van der Waals surface area (Å²) in [5.74, 6) is 1.93. The highest BCUT2D eigenvalue weighted by molar-refractivity contribution is 5.88. The second kappa shape index (κ2) is 14.2. The molecule has 1 atom stereocenters. The molecule has 1 aromatic heterocycles. The molecule has 2 heterocycles. The van der Waals surface area contributed by atoms with E-state index in [1.165, 1.54) is 39.0 Å². The lowest BCUT2D eigenvalue weighted by atomic mass is 9.67. The third-order valence-corrected chi connectivity index (χ3v) is 11.5. The second-order valence-corrected chi connectivity index (χ2v) is 15.0. The molecule has 0 amide bonds. The number of nitrogens with zero attached hydrogens (tertiary/aromatic N) is 3. The molecular formula is C53H40N4. The molecule has 8 aromatic rings. The van der Waals surface area contributed by atoms with Crippen LogP contribution in [-0.2, 0) is 5.41 Å². The van der Waals surface area contributed by atoms with Crippen LogP contribution < -0.4 is 5.32 Å². The first-order valence-corrected chi connectivity index (χ1v) is 19.6. The van der Waals surface area contributed by atoms with Crippen molar-refractivity contribution in [3.05, 3.63) is 228 Å². The molecule has 0 fully saturated rings. The van der Waals surface area contributed by atoms with Crippen molar-refractivity contribution < 1.29 is 0 Å². The van der Waals surface area contributed by atoms with Crippen molar-refractivity contribution in [1.82, 2.24) is 20.3 Å². The Morgan fingerprint density at radius 2 is 0.930 bits per heavy atom. The van der Waals surface area contributed by atoms with Crippen LogP contribution in [0.25, 0.3) is 62.0 Å². The zero-order chi connectivity index (χ0) is 38.3. The number of fused-ring (bicyclic) bond motifs is 3. The molecule has 0 saturated carbocycles. The van der Waals surface area contributed by atoms with Crippen LogP contribution in [-0.4, -0.2) is 21.0 Å². The van der Waals surface area contributed by atoms with Crippen molar-refractivity contribution in [3.63, 3.8) is 0 Å². The second-order valence-electron chi connectivity index (χ2n) is 15.0. The number of dihydropyridines is 1. The van der Waals surface area contributed by atoms with E-state index in [4.69, 9.17) is 15.0 Å². The van der Waals surface area contributed by atoms with Crippen LogP contribution >= 0.6 is 0 Å². The van der Waals surface area contributed by atoms with Gasteiger partial charge in [0, 0.05) is 28.4 Å². The summed E-state index contributed by atoms with van der Waals surface area (Å²) in [7, 11) is 0. The van der Waals surface area contributed by atoms with Gasteiger partial charge in [0.25, 0.3) is 0 Å². The minimum absolute atomic E-state index is 0.201. The van der Waals surface area contributed by atoms with Crippen LogP contribution in [0, 0.1) is 0 Å². The Balaban J connectivity index is 1.07. The summed E-state index contributed by atoms with van der Waals surface area (Å²) in [6.07, 6.45) is 4.33. The quantitative estimate of drug-likeness (QED) is 0.177. The van der Waals surface area contributed by atoms with E-state index < -0.39 is 5.41 Å². The fourth-order valence-corrected chi connectivity index (χ4v) is 8.80. The fraction of sp³-hybridized carbons (Fsp3) is 0.0755. The van der Waals surface area contributed by atoms with Gasteiger partial charge in [0.2, 0.25) is 0 Å². The molecule has 1 aliphatic carbocycles. The number of allylic oxidation sites excluding steroid dienone is 3. The maximum Gasteiger partial charge on any atom is 0.164 e. The Morgan fingerprint density at radius 3 is 1.60 bits per heavy atom. The summed E-state index contributed by atoms with van der Waals surface area (Å²) in [6, 6.07) is 65.3. The lowest BCUT2D eigenvalue weighted by molar-refractivity contribution is 0.734. The van der Waals surface area contributed by atoms with Crippen molar-refractivity contribution in [1.29, 1.82) is 0 Å². The first-order valence-electron chi connectivity index (χ1n) is 19.6. The molecule has 10 rings (SSSR count). The van der Waals surface area contributed by atoms with Gasteiger partial charge in [-0.15, -0.1) is 0 Å². The Hall–Kier alpha value is -7.17. The van der Waals surface area contributed by atoms with Gasteiger partial charge in [-0.2, -0.15) is 0 Å². The van der Waals surface area contributed by atoms with Gasteiger partial charge < -0.3 is 5.32 Å². The highest BCUT2D eigenvalue weighted by Gasteiger charge is 2.46. The first-order chi connectivity index (χ1) is 28.1. The lowest BCUT2D eigenvalue weighted by Gasteiger charge is -2.34. The molecule has 272 valence electrons. The van der Waals surface area contributed by atoms with Crippen molar-refractivity contribution in [2.75, 3.05) is 0 Å². The molecular weight excluding hydrogens is 693 g/mol. The summed E-state index contributed by atoms with van der Waals surface area (Å²) < 4.78 is 0. The first kappa shape index (κ1) is 34.3. The summed E-state index contributed by atoms with van der Waals surface area (Å²) in [5.41, 5.74) is 15.9. The van der Waals surface area contributed by atoms with Gasteiger partial charge in [-0.25, -0.2) is 15.0 Å². The normalized spacial score (nSPS) is 15.2. The number of hydrogen-bond donors (Lipinski definition) is 1. The van der Waals surface area contributed by atoms with E-state index in [9.17, 15) is 0 Å². The molecule has 0 bridgehead atoms. The molecule has 57 heavy (non-hydrogen) atoms. The van der Waals surface area contributed by atoms with Gasteiger partial charge in [-0.05, 0) is 87.7 Å². The lowest BCUT2D eigenvalue weighted by Crippen LogP contribution is -2.28. The van der Waals surface area contributed by atoms with E-state index >= 15 is 0 Å². The Bertz CT molecular complexity index is 2780. The molecule has 1 aliphatic heterocycles. The van der Waals surface area contributed by atoms with Crippen LogP contribution in [0.2, 0.25) is 0 Å². The highest BCUT2D eigenvalue weighted by Crippen LogP contribution is 2.56. The fourth-order valence-electron chi connectivity index (χ4n) is 8.80. The van der Waals surface area contributed by atoms with Crippen LogP contribution in [0.5, 0.6) is 0 Å². The molecule has 7 aromatic carbocycles. The maximum atomic E-state index is 5.11. The minimum atomic E-state index is -0.450. The molecule has 0 saturated heterocycles. The third kappa shape index (κ3) is 5.98. The average molecular weight is 733 g/mol. The molecule has 1 unspecified atom stereocenters. The van der Waals surface area contributed by atoms with E-state index in [1.54, 1.807) is 0 Å². The predicted octanol–water partition coefficient (Wildman–Crippen LogP) is 12.2. The van der Waals surface area contributed by atoms with Crippen molar-refractivity contribution in [3.8, 4) is 56.4 Å². The minimum Gasteiger partial charge on any atom is -0.382 e.